The molecule has 0 saturated carbocycles. The van der Waals surface area contributed by atoms with Crippen LogP contribution in [0.3, 0.4) is 0 Å². The Balaban J connectivity index is 1.86. The van der Waals surface area contributed by atoms with Gasteiger partial charge in [0, 0.05) is 37.2 Å². The highest BCUT2D eigenvalue weighted by atomic mass is 19.1. The van der Waals surface area contributed by atoms with Gasteiger partial charge in [-0.3, -0.25) is 4.79 Å². The quantitative estimate of drug-likeness (QED) is 0.900. The molecule has 0 bridgehead atoms. The Morgan fingerprint density at radius 1 is 1.26 bits per heavy atom. The van der Waals surface area contributed by atoms with Gasteiger partial charge in [-0.25, -0.2) is 4.39 Å². The first kappa shape index (κ1) is 18.0. The van der Waals surface area contributed by atoms with Gasteiger partial charge in [-0.05, 0) is 35.7 Å². The van der Waals surface area contributed by atoms with Crippen LogP contribution in [0.5, 0.6) is 0 Å². The number of carbonyl (C=O) groups is 1. The molecule has 2 aliphatic rings. The molecule has 2 aliphatic heterocycles. The number of benzene rings is 2. The third-order valence-corrected chi connectivity index (χ3v) is 6.16. The van der Waals surface area contributed by atoms with Gasteiger partial charge in [0.05, 0.1) is 18.7 Å². The molecule has 1 amide bonds. The maximum atomic E-state index is 14.3. The second kappa shape index (κ2) is 6.97. The SMILES string of the molecule is CCC(=O)N1CC[C@@H]2[C@@H](CO)N(C)c3ccc(-c4ccccc4F)cc3[C@@H]21. The van der Waals surface area contributed by atoms with Gasteiger partial charge < -0.3 is 14.9 Å². The fourth-order valence-electron chi connectivity index (χ4n) is 4.80. The van der Waals surface area contributed by atoms with Crippen molar-refractivity contribution in [3.05, 3.63) is 53.8 Å². The Hall–Kier alpha value is -2.40. The molecule has 0 aromatic heterocycles. The highest BCUT2D eigenvalue weighted by Crippen LogP contribution is 2.49. The van der Waals surface area contributed by atoms with Crippen molar-refractivity contribution in [3.8, 4) is 11.1 Å². The lowest BCUT2D eigenvalue weighted by molar-refractivity contribution is -0.132. The maximum absolute atomic E-state index is 14.3. The molecule has 0 radical (unpaired) electrons. The van der Waals surface area contributed by atoms with Crippen LogP contribution in [0.15, 0.2) is 42.5 Å². The Morgan fingerprint density at radius 3 is 2.74 bits per heavy atom. The van der Waals surface area contributed by atoms with E-state index in [2.05, 4.69) is 4.90 Å². The molecule has 1 saturated heterocycles. The monoisotopic (exact) mass is 368 g/mol. The Bertz CT molecular complexity index is 869. The van der Waals surface area contributed by atoms with Crippen molar-refractivity contribution >= 4 is 11.6 Å². The van der Waals surface area contributed by atoms with E-state index >= 15 is 0 Å². The number of likely N-dealkylation sites (tertiary alicyclic amines) is 1. The molecular formula is C22H25FN2O2. The lowest BCUT2D eigenvalue weighted by atomic mass is 9.81. The number of rotatable bonds is 3. The van der Waals surface area contributed by atoms with Crippen LogP contribution in [-0.2, 0) is 4.79 Å². The van der Waals surface area contributed by atoms with Crippen LogP contribution in [0, 0.1) is 11.7 Å². The maximum Gasteiger partial charge on any atom is 0.222 e. The second-order valence-corrected chi connectivity index (χ2v) is 7.45. The first-order valence-corrected chi connectivity index (χ1v) is 9.58. The molecule has 1 fully saturated rings. The summed E-state index contributed by atoms with van der Waals surface area (Å²) in [5.74, 6) is 0.0594. The zero-order valence-corrected chi connectivity index (χ0v) is 15.7. The second-order valence-electron chi connectivity index (χ2n) is 7.45. The zero-order chi connectivity index (χ0) is 19.1. The number of carbonyl (C=O) groups excluding carboxylic acids is 1. The van der Waals surface area contributed by atoms with Gasteiger partial charge in [-0.2, -0.15) is 0 Å². The molecule has 0 spiro atoms. The minimum Gasteiger partial charge on any atom is -0.394 e. The summed E-state index contributed by atoms with van der Waals surface area (Å²) < 4.78 is 14.3. The number of halogens is 1. The molecule has 27 heavy (non-hydrogen) atoms. The predicted molar refractivity (Wildman–Crippen MR) is 104 cm³/mol. The van der Waals surface area contributed by atoms with Crippen LogP contribution < -0.4 is 4.90 Å². The minimum absolute atomic E-state index is 0.0172. The van der Waals surface area contributed by atoms with Crippen molar-refractivity contribution in [3.63, 3.8) is 0 Å². The Morgan fingerprint density at radius 2 is 2.04 bits per heavy atom. The average molecular weight is 368 g/mol. The average Bonchev–Trinajstić information content (AvgIpc) is 3.13. The molecule has 2 heterocycles. The number of aliphatic hydroxyl groups is 1. The lowest BCUT2D eigenvalue weighted by Crippen LogP contribution is -2.48. The van der Waals surface area contributed by atoms with E-state index in [0.717, 1.165) is 23.2 Å². The topological polar surface area (TPSA) is 43.8 Å². The van der Waals surface area contributed by atoms with Gasteiger partial charge in [0.2, 0.25) is 5.91 Å². The van der Waals surface area contributed by atoms with Crippen LogP contribution in [0.1, 0.15) is 31.4 Å². The van der Waals surface area contributed by atoms with E-state index < -0.39 is 0 Å². The first-order chi connectivity index (χ1) is 13.1. The number of anilines is 1. The van der Waals surface area contributed by atoms with Crippen molar-refractivity contribution < 1.29 is 14.3 Å². The van der Waals surface area contributed by atoms with Gasteiger partial charge in [0.25, 0.3) is 0 Å². The van der Waals surface area contributed by atoms with E-state index in [4.69, 9.17) is 0 Å². The molecule has 2 aromatic rings. The zero-order valence-electron chi connectivity index (χ0n) is 15.7. The number of likely N-dealkylation sites (N-methyl/N-ethyl adjacent to an activating group) is 1. The van der Waals surface area contributed by atoms with Crippen molar-refractivity contribution in [2.24, 2.45) is 5.92 Å². The number of amides is 1. The summed E-state index contributed by atoms with van der Waals surface area (Å²) in [5.41, 5.74) is 3.44. The van der Waals surface area contributed by atoms with E-state index in [9.17, 15) is 14.3 Å². The van der Waals surface area contributed by atoms with Crippen molar-refractivity contribution in [2.75, 3.05) is 25.1 Å². The fraction of sp³-hybridized carbons (Fsp3) is 0.409. The van der Waals surface area contributed by atoms with Crippen molar-refractivity contribution in [1.29, 1.82) is 0 Å². The summed E-state index contributed by atoms with van der Waals surface area (Å²) >= 11 is 0. The van der Waals surface area contributed by atoms with Crippen molar-refractivity contribution in [2.45, 2.75) is 31.8 Å². The molecule has 3 atom stereocenters. The summed E-state index contributed by atoms with van der Waals surface area (Å²) in [7, 11) is 1.99. The molecule has 0 unspecified atom stereocenters. The van der Waals surface area contributed by atoms with Gasteiger partial charge in [-0.1, -0.05) is 31.2 Å². The normalized spacial score (nSPS) is 23.9. The Kier molecular flexibility index (Phi) is 4.64. The summed E-state index contributed by atoms with van der Waals surface area (Å²) in [4.78, 5) is 16.6. The number of fused-ring (bicyclic) bond motifs is 3. The number of aliphatic hydroxyl groups excluding tert-OH is 1. The third-order valence-electron chi connectivity index (χ3n) is 6.16. The highest BCUT2D eigenvalue weighted by Gasteiger charge is 2.47. The van der Waals surface area contributed by atoms with Crippen LogP contribution >= 0.6 is 0 Å². The van der Waals surface area contributed by atoms with E-state index in [-0.39, 0.29) is 36.3 Å². The summed E-state index contributed by atoms with van der Waals surface area (Å²) in [6, 6.07) is 12.6. The van der Waals surface area contributed by atoms with Gasteiger partial charge in [-0.15, -0.1) is 0 Å². The Labute approximate surface area is 159 Å². The molecule has 1 N–H and O–H groups in total. The molecular weight excluding hydrogens is 343 g/mol. The van der Waals surface area contributed by atoms with Crippen LogP contribution in [-0.4, -0.2) is 42.2 Å². The van der Waals surface area contributed by atoms with Crippen molar-refractivity contribution in [1.82, 2.24) is 4.90 Å². The fourth-order valence-corrected chi connectivity index (χ4v) is 4.80. The van der Waals surface area contributed by atoms with E-state index in [1.54, 1.807) is 12.1 Å². The minimum atomic E-state index is -0.251. The van der Waals surface area contributed by atoms with Gasteiger partial charge in [0.15, 0.2) is 0 Å². The van der Waals surface area contributed by atoms with Gasteiger partial charge >= 0.3 is 0 Å². The number of hydrogen-bond acceptors (Lipinski definition) is 3. The third kappa shape index (κ3) is 2.81. The van der Waals surface area contributed by atoms with Crippen LogP contribution in [0.25, 0.3) is 11.1 Å². The first-order valence-electron chi connectivity index (χ1n) is 9.58. The molecule has 4 rings (SSSR count). The van der Waals surface area contributed by atoms with Gasteiger partial charge in [0.1, 0.15) is 5.82 Å². The van der Waals surface area contributed by atoms with Crippen LogP contribution in [0.4, 0.5) is 10.1 Å². The smallest absolute Gasteiger partial charge is 0.222 e. The molecule has 5 heteroatoms. The molecule has 2 aromatic carbocycles. The summed E-state index contributed by atoms with van der Waals surface area (Å²) in [5, 5.41) is 9.99. The molecule has 142 valence electrons. The number of hydrogen-bond donors (Lipinski definition) is 1. The van der Waals surface area contributed by atoms with E-state index in [1.165, 1.54) is 6.07 Å². The van der Waals surface area contributed by atoms with E-state index in [1.807, 2.05) is 43.1 Å². The lowest BCUT2D eigenvalue weighted by Gasteiger charge is -2.44. The highest BCUT2D eigenvalue weighted by molar-refractivity contribution is 5.78. The molecule has 0 aliphatic carbocycles. The summed E-state index contributed by atoms with van der Waals surface area (Å²) in [6.07, 6.45) is 1.33. The largest absolute Gasteiger partial charge is 0.394 e. The van der Waals surface area contributed by atoms with Crippen LogP contribution in [0.2, 0.25) is 0 Å². The molecule has 4 nitrogen and oxygen atoms in total. The standard InChI is InChI=1S/C22H25FN2O2/c1-3-21(27)25-11-10-16-20(13-26)24(2)19-9-8-14(12-17(19)22(16)25)15-6-4-5-7-18(15)23/h4-9,12,16,20,22,26H,3,10-11,13H2,1-2H3/t16-,20-,22-/m1/s1. The summed E-state index contributed by atoms with van der Waals surface area (Å²) in [6.45, 7) is 2.64. The number of nitrogens with zero attached hydrogens (tertiary/aromatic N) is 2. The van der Waals surface area contributed by atoms with E-state index in [0.29, 0.717) is 18.5 Å². The predicted octanol–water partition coefficient (Wildman–Crippen LogP) is 3.60.